The van der Waals surface area contributed by atoms with E-state index >= 15 is 0 Å². The molecular weight excluding hydrogens is 164 g/mol. The molecule has 0 aliphatic carbocycles. The number of aromatic amines is 1. The summed E-state index contributed by atoms with van der Waals surface area (Å²) < 4.78 is 19.1. The largest absolute Gasteiger partial charge is 0.333 e. The molecule has 5 heteroatoms. The molecular formula is C6H10N2O2S. The molecule has 0 spiro atoms. The summed E-state index contributed by atoms with van der Waals surface area (Å²) in [6.07, 6.45) is 1.38. The Bertz CT molecular complexity index is 269. The molecule has 0 saturated heterocycles. The molecule has 0 aliphatic rings. The predicted octanol–water partition coefficient (Wildman–Crippen LogP) is 1.11. The van der Waals surface area contributed by atoms with Crippen LogP contribution in [0.1, 0.15) is 25.6 Å². The van der Waals surface area contributed by atoms with Gasteiger partial charge in [0.25, 0.3) is 0 Å². The molecule has 1 aromatic heterocycles. The number of nitrogens with one attached hydrogen (secondary N) is 1. The van der Waals surface area contributed by atoms with Crippen LogP contribution in [0.25, 0.3) is 0 Å². The van der Waals surface area contributed by atoms with Gasteiger partial charge in [0.2, 0.25) is 11.1 Å². The van der Waals surface area contributed by atoms with E-state index in [0.29, 0.717) is 0 Å². The van der Waals surface area contributed by atoms with Gasteiger partial charge in [-0.1, -0.05) is 13.8 Å². The minimum Gasteiger partial charge on any atom is -0.333 e. The van der Waals surface area contributed by atoms with Crippen molar-refractivity contribution < 1.29 is 8.76 Å². The molecule has 1 unspecified atom stereocenters. The quantitative estimate of drug-likeness (QED) is 0.660. The van der Waals surface area contributed by atoms with Crippen molar-refractivity contribution in [2.45, 2.75) is 24.8 Å². The van der Waals surface area contributed by atoms with Gasteiger partial charge in [0, 0.05) is 5.92 Å². The molecule has 1 aromatic rings. The number of hydrogen-bond donors (Lipinski definition) is 2. The van der Waals surface area contributed by atoms with Crippen molar-refractivity contribution in [3.8, 4) is 0 Å². The molecule has 0 bridgehead atoms. The van der Waals surface area contributed by atoms with Crippen molar-refractivity contribution in [1.82, 2.24) is 9.97 Å². The second-order valence-electron chi connectivity index (χ2n) is 2.54. The van der Waals surface area contributed by atoms with E-state index in [9.17, 15) is 4.21 Å². The first-order chi connectivity index (χ1) is 5.11. The maximum atomic E-state index is 10.5. The third-order valence-electron chi connectivity index (χ3n) is 1.31. The Kier molecular flexibility index (Phi) is 2.41. The lowest BCUT2D eigenvalue weighted by Gasteiger charge is -1.96. The van der Waals surface area contributed by atoms with E-state index in [1.165, 1.54) is 6.20 Å². The average molecular weight is 174 g/mol. The first kappa shape index (κ1) is 8.42. The van der Waals surface area contributed by atoms with Crippen LogP contribution in [0, 0.1) is 0 Å². The van der Waals surface area contributed by atoms with Crippen LogP contribution in [-0.2, 0) is 11.1 Å². The molecule has 0 saturated carbocycles. The van der Waals surface area contributed by atoms with E-state index in [0.717, 1.165) is 5.82 Å². The molecule has 1 heterocycles. The van der Waals surface area contributed by atoms with Gasteiger partial charge in [-0.05, 0) is 0 Å². The maximum Gasteiger partial charge on any atom is 0.205 e. The van der Waals surface area contributed by atoms with E-state index in [4.69, 9.17) is 4.55 Å². The van der Waals surface area contributed by atoms with Crippen LogP contribution >= 0.6 is 0 Å². The summed E-state index contributed by atoms with van der Waals surface area (Å²) >= 11 is -1.94. The van der Waals surface area contributed by atoms with Crippen LogP contribution in [0.2, 0.25) is 0 Å². The zero-order valence-electron chi connectivity index (χ0n) is 6.37. The Morgan fingerprint density at radius 2 is 2.36 bits per heavy atom. The molecule has 0 amide bonds. The molecule has 11 heavy (non-hydrogen) atoms. The van der Waals surface area contributed by atoms with E-state index in [1.807, 2.05) is 13.8 Å². The van der Waals surface area contributed by atoms with Gasteiger partial charge in [0.05, 0.1) is 6.20 Å². The van der Waals surface area contributed by atoms with Crippen LogP contribution in [0.4, 0.5) is 0 Å². The second-order valence-corrected chi connectivity index (χ2v) is 3.47. The SMILES string of the molecule is CC(C)c1ncc(S(=O)O)[nH]1. The first-order valence-corrected chi connectivity index (χ1v) is 4.37. The lowest BCUT2D eigenvalue weighted by Crippen LogP contribution is -1.91. The highest BCUT2D eigenvalue weighted by Gasteiger charge is 2.07. The van der Waals surface area contributed by atoms with Crippen molar-refractivity contribution in [2.75, 3.05) is 0 Å². The molecule has 2 N–H and O–H groups in total. The summed E-state index contributed by atoms with van der Waals surface area (Å²) in [5.74, 6) is 0.995. The highest BCUT2D eigenvalue weighted by molar-refractivity contribution is 7.79. The number of hydrogen-bond acceptors (Lipinski definition) is 2. The molecule has 0 fully saturated rings. The highest BCUT2D eigenvalue weighted by atomic mass is 32.2. The molecule has 62 valence electrons. The number of rotatable bonds is 2. The van der Waals surface area contributed by atoms with Crippen LogP contribution in [0.5, 0.6) is 0 Å². The monoisotopic (exact) mass is 174 g/mol. The van der Waals surface area contributed by atoms with E-state index in [1.54, 1.807) is 0 Å². The molecule has 1 rings (SSSR count). The highest BCUT2D eigenvalue weighted by Crippen LogP contribution is 2.10. The zero-order chi connectivity index (χ0) is 8.43. The maximum absolute atomic E-state index is 10.5. The minimum absolute atomic E-state index is 0.257. The van der Waals surface area contributed by atoms with E-state index in [2.05, 4.69) is 9.97 Å². The molecule has 0 radical (unpaired) electrons. The molecule has 0 aliphatic heterocycles. The fourth-order valence-electron chi connectivity index (χ4n) is 0.701. The van der Waals surface area contributed by atoms with Crippen LogP contribution in [0.3, 0.4) is 0 Å². The third-order valence-corrected chi connectivity index (χ3v) is 1.89. The number of H-pyrrole nitrogens is 1. The van der Waals surface area contributed by atoms with Crippen LogP contribution in [0.15, 0.2) is 11.2 Å². The third kappa shape index (κ3) is 1.87. The van der Waals surface area contributed by atoms with Gasteiger partial charge in [-0.3, -0.25) is 0 Å². The van der Waals surface area contributed by atoms with Gasteiger partial charge in [0.1, 0.15) is 5.82 Å². The summed E-state index contributed by atoms with van der Waals surface area (Å²) in [6.45, 7) is 3.92. The Balaban J connectivity index is 2.90. The van der Waals surface area contributed by atoms with E-state index < -0.39 is 11.1 Å². The zero-order valence-corrected chi connectivity index (χ0v) is 7.18. The van der Waals surface area contributed by atoms with Gasteiger partial charge in [-0.15, -0.1) is 0 Å². The number of imidazole rings is 1. The van der Waals surface area contributed by atoms with Gasteiger partial charge in [0.15, 0.2) is 5.03 Å². The normalized spacial score (nSPS) is 13.8. The Morgan fingerprint density at radius 3 is 2.64 bits per heavy atom. The van der Waals surface area contributed by atoms with Crippen molar-refractivity contribution in [3.05, 3.63) is 12.0 Å². The Hall–Kier alpha value is -0.680. The standard InChI is InChI=1S/C6H10N2O2S/c1-4(2)6-7-3-5(8-6)11(9)10/h3-4H,1-2H3,(H,7,8)(H,9,10). The van der Waals surface area contributed by atoms with E-state index in [-0.39, 0.29) is 10.9 Å². The average Bonchev–Trinajstić information content (AvgIpc) is 2.33. The lowest BCUT2D eigenvalue weighted by molar-refractivity contribution is 0.560. The van der Waals surface area contributed by atoms with Gasteiger partial charge < -0.3 is 9.54 Å². The van der Waals surface area contributed by atoms with Gasteiger partial charge in [-0.25, -0.2) is 9.19 Å². The molecule has 1 atom stereocenters. The summed E-state index contributed by atoms with van der Waals surface area (Å²) in [7, 11) is 0. The number of nitrogens with zero attached hydrogens (tertiary/aromatic N) is 1. The Labute approximate surface area is 67.3 Å². The van der Waals surface area contributed by atoms with Crippen molar-refractivity contribution in [2.24, 2.45) is 0 Å². The summed E-state index contributed by atoms with van der Waals surface area (Å²) in [6, 6.07) is 0. The minimum atomic E-state index is -1.94. The fourth-order valence-corrected chi connectivity index (χ4v) is 1.04. The summed E-state index contributed by atoms with van der Waals surface area (Å²) in [5.41, 5.74) is 0. The van der Waals surface area contributed by atoms with Gasteiger partial charge in [-0.2, -0.15) is 0 Å². The predicted molar refractivity (Wildman–Crippen MR) is 41.7 cm³/mol. The first-order valence-electron chi connectivity index (χ1n) is 3.27. The second kappa shape index (κ2) is 3.15. The lowest BCUT2D eigenvalue weighted by atomic mass is 10.2. The Morgan fingerprint density at radius 1 is 1.73 bits per heavy atom. The van der Waals surface area contributed by atoms with Crippen LogP contribution < -0.4 is 0 Å². The van der Waals surface area contributed by atoms with Crippen molar-refractivity contribution in [1.29, 1.82) is 0 Å². The van der Waals surface area contributed by atoms with Crippen molar-refractivity contribution in [3.63, 3.8) is 0 Å². The topological polar surface area (TPSA) is 66.0 Å². The smallest absolute Gasteiger partial charge is 0.205 e. The number of aromatic nitrogens is 2. The van der Waals surface area contributed by atoms with Crippen LogP contribution in [-0.4, -0.2) is 18.7 Å². The summed E-state index contributed by atoms with van der Waals surface area (Å²) in [4.78, 5) is 6.68. The summed E-state index contributed by atoms with van der Waals surface area (Å²) in [5, 5.41) is 0.258. The molecule has 4 nitrogen and oxygen atoms in total. The molecule has 0 aromatic carbocycles. The van der Waals surface area contributed by atoms with Gasteiger partial charge >= 0.3 is 0 Å². The fraction of sp³-hybridized carbons (Fsp3) is 0.500. The van der Waals surface area contributed by atoms with Crippen molar-refractivity contribution >= 4 is 11.1 Å².